The second-order valence-electron chi connectivity index (χ2n) is 8.00. The van der Waals surface area contributed by atoms with E-state index in [0.29, 0.717) is 17.9 Å². The van der Waals surface area contributed by atoms with Crippen LogP contribution in [0.3, 0.4) is 0 Å². The molecule has 144 valence electrons. The van der Waals surface area contributed by atoms with Crippen molar-refractivity contribution in [3.63, 3.8) is 0 Å². The van der Waals surface area contributed by atoms with Gasteiger partial charge in [-0.25, -0.2) is 0 Å². The molecule has 2 aliphatic carbocycles. The summed E-state index contributed by atoms with van der Waals surface area (Å²) in [5.74, 6) is 2.81. The average molecular weight is 360 g/mol. The lowest BCUT2D eigenvalue weighted by atomic mass is 9.65. The molecule has 1 aromatic rings. The number of carbonyl (C=O) groups excluding carboxylic acids is 1. The first-order valence-electron chi connectivity index (χ1n) is 9.78. The molecule has 26 heavy (non-hydrogen) atoms. The smallest absolute Gasteiger partial charge is 0.223 e. The fraction of sp³-hybridized carbons (Fsp3) is 0.667. The van der Waals surface area contributed by atoms with Crippen LogP contribution < -0.4 is 20.5 Å². The van der Waals surface area contributed by atoms with E-state index in [4.69, 9.17) is 15.2 Å². The maximum Gasteiger partial charge on any atom is 0.223 e. The predicted molar refractivity (Wildman–Crippen MR) is 102 cm³/mol. The summed E-state index contributed by atoms with van der Waals surface area (Å²) in [6, 6.07) is 6.29. The van der Waals surface area contributed by atoms with E-state index in [0.717, 1.165) is 36.3 Å². The Balaban J connectivity index is 1.56. The van der Waals surface area contributed by atoms with Crippen molar-refractivity contribution in [1.82, 2.24) is 5.32 Å². The van der Waals surface area contributed by atoms with Crippen molar-refractivity contribution in [1.29, 1.82) is 0 Å². The molecule has 3 rings (SSSR count). The van der Waals surface area contributed by atoms with Crippen LogP contribution in [0.25, 0.3) is 0 Å². The molecule has 5 nitrogen and oxygen atoms in total. The Morgan fingerprint density at radius 3 is 2.46 bits per heavy atom. The van der Waals surface area contributed by atoms with Gasteiger partial charge in [-0.3, -0.25) is 4.79 Å². The van der Waals surface area contributed by atoms with E-state index >= 15 is 0 Å². The molecule has 3 unspecified atom stereocenters. The lowest BCUT2D eigenvalue weighted by molar-refractivity contribution is -0.128. The molecule has 1 aromatic carbocycles. The van der Waals surface area contributed by atoms with Gasteiger partial charge in [-0.15, -0.1) is 0 Å². The minimum absolute atomic E-state index is 0.0797. The molecule has 2 aliphatic rings. The van der Waals surface area contributed by atoms with Crippen molar-refractivity contribution in [3.05, 3.63) is 23.8 Å². The Kier molecular flexibility index (Phi) is 6.07. The van der Waals surface area contributed by atoms with E-state index in [-0.39, 0.29) is 17.9 Å². The van der Waals surface area contributed by atoms with Gasteiger partial charge in [0.2, 0.25) is 5.91 Å². The van der Waals surface area contributed by atoms with Crippen LogP contribution in [0.2, 0.25) is 0 Å². The number of hydrogen-bond acceptors (Lipinski definition) is 4. The largest absolute Gasteiger partial charge is 0.493 e. The van der Waals surface area contributed by atoms with E-state index in [1.807, 2.05) is 18.2 Å². The molecule has 1 amide bonds. The zero-order valence-corrected chi connectivity index (χ0v) is 16.2. The average Bonchev–Trinajstić information content (AvgIpc) is 2.61. The van der Waals surface area contributed by atoms with Crippen molar-refractivity contribution >= 4 is 5.91 Å². The molecule has 2 fully saturated rings. The summed E-state index contributed by atoms with van der Waals surface area (Å²) in [6.07, 6.45) is 6.31. The van der Waals surface area contributed by atoms with Gasteiger partial charge in [0.1, 0.15) is 0 Å². The number of fused-ring (bicyclic) bond motifs is 2. The number of carbonyl (C=O) groups is 1. The van der Waals surface area contributed by atoms with Crippen LogP contribution in [-0.2, 0) is 11.2 Å². The Hall–Kier alpha value is -1.75. The molecule has 0 aromatic heterocycles. The molecule has 0 aliphatic heterocycles. The van der Waals surface area contributed by atoms with Crippen molar-refractivity contribution in [3.8, 4) is 11.5 Å². The van der Waals surface area contributed by atoms with Crippen LogP contribution in [0, 0.1) is 17.8 Å². The van der Waals surface area contributed by atoms with Gasteiger partial charge in [-0.05, 0) is 68.6 Å². The van der Waals surface area contributed by atoms with Crippen LogP contribution in [0.15, 0.2) is 18.2 Å². The van der Waals surface area contributed by atoms with Crippen molar-refractivity contribution in [2.45, 2.75) is 57.5 Å². The Morgan fingerprint density at radius 2 is 1.85 bits per heavy atom. The van der Waals surface area contributed by atoms with E-state index in [1.165, 1.54) is 19.3 Å². The molecule has 0 saturated heterocycles. The molecule has 2 bridgehead atoms. The van der Waals surface area contributed by atoms with Gasteiger partial charge in [-0.2, -0.15) is 0 Å². The summed E-state index contributed by atoms with van der Waals surface area (Å²) in [7, 11) is 3.27. The van der Waals surface area contributed by atoms with E-state index in [2.05, 4.69) is 12.2 Å². The van der Waals surface area contributed by atoms with E-state index in [1.54, 1.807) is 14.2 Å². The van der Waals surface area contributed by atoms with Gasteiger partial charge in [0.15, 0.2) is 11.5 Å². The normalized spacial score (nSPS) is 28.9. The van der Waals surface area contributed by atoms with Gasteiger partial charge in [0.25, 0.3) is 0 Å². The highest BCUT2D eigenvalue weighted by Gasteiger charge is 2.40. The highest BCUT2D eigenvalue weighted by molar-refractivity contribution is 5.79. The van der Waals surface area contributed by atoms with Crippen molar-refractivity contribution in [2.75, 3.05) is 14.2 Å². The molecule has 3 atom stereocenters. The Labute approximate surface area is 156 Å². The summed E-state index contributed by atoms with van der Waals surface area (Å²) in [5.41, 5.74) is 7.47. The fourth-order valence-corrected chi connectivity index (χ4v) is 4.78. The van der Waals surface area contributed by atoms with E-state index in [9.17, 15) is 4.79 Å². The van der Waals surface area contributed by atoms with Gasteiger partial charge < -0.3 is 20.5 Å². The zero-order chi connectivity index (χ0) is 18.7. The topological polar surface area (TPSA) is 73.6 Å². The molecule has 0 radical (unpaired) electrons. The summed E-state index contributed by atoms with van der Waals surface area (Å²) in [6.45, 7) is 2.06. The number of amides is 1. The van der Waals surface area contributed by atoms with Crippen molar-refractivity contribution < 1.29 is 14.3 Å². The quantitative estimate of drug-likeness (QED) is 0.818. The van der Waals surface area contributed by atoms with Gasteiger partial charge in [0.05, 0.1) is 14.2 Å². The zero-order valence-electron chi connectivity index (χ0n) is 16.2. The number of rotatable bonds is 6. The maximum absolute atomic E-state index is 12.8. The highest BCUT2D eigenvalue weighted by atomic mass is 16.5. The highest BCUT2D eigenvalue weighted by Crippen LogP contribution is 2.41. The number of nitrogens with two attached hydrogens (primary N) is 1. The second-order valence-corrected chi connectivity index (χ2v) is 8.00. The Morgan fingerprint density at radius 1 is 1.19 bits per heavy atom. The number of ether oxygens (including phenoxy) is 2. The van der Waals surface area contributed by atoms with Crippen molar-refractivity contribution in [2.24, 2.45) is 23.5 Å². The lowest BCUT2D eigenvalue weighted by Gasteiger charge is -2.43. The first-order valence-corrected chi connectivity index (χ1v) is 9.78. The Bertz CT molecular complexity index is 620. The third-order valence-corrected chi connectivity index (χ3v) is 6.16. The summed E-state index contributed by atoms with van der Waals surface area (Å²) in [5, 5.41) is 3.22. The molecule has 3 N–H and O–H groups in total. The molecule has 2 saturated carbocycles. The monoisotopic (exact) mass is 360 g/mol. The van der Waals surface area contributed by atoms with Crippen LogP contribution in [-0.4, -0.2) is 32.2 Å². The first kappa shape index (κ1) is 19.0. The fourth-order valence-electron chi connectivity index (χ4n) is 4.78. The lowest BCUT2D eigenvalue weighted by Crippen LogP contribution is -2.50. The minimum Gasteiger partial charge on any atom is -0.493 e. The first-order chi connectivity index (χ1) is 12.5. The molecule has 5 heteroatoms. The number of benzene rings is 1. The van der Waals surface area contributed by atoms with Gasteiger partial charge >= 0.3 is 0 Å². The molecule has 0 spiro atoms. The summed E-state index contributed by atoms with van der Waals surface area (Å²) in [4.78, 5) is 12.8. The van der Waals surface area contributed by atoms with Crippen LogP contribution >= 0.6 is 0 Å². The van der Waals surface area contributed by atoms with Crippen LogP contribution in [0.4, 0.5) is 0 Å². The third-order valence-electron chi connectivity index (χ3n) is 6.16. The second kappa shape index (κ2) is 8.30. The van der Waals surface area contributed by atoms with Crippen LogP contribution in [0.5, 0.6) is 11.5 Å². The minimum atomic E-state index is 0.0797. The molecular formula is C21H32N2O3. The maximum atomic E-state index is 12.8. The summed E-state index contributed by atoms with van der Waals surface area (Å²) < 4.78 is 10.6. The molecule has 0 heterocycles. The third kappa shape index (κ3) is 4.14. The van der Waals surface area contributed by atoms with E-state index < -0.39 is 0 Å². The standard InChI is InChI=1S/C21H32N2O3/c1-13(9-14-7-8-18(25-2)19(10-14)26-3)23-21(24)17-11-15-5-4-6-16(12-17)20(15)22/h7-8,10,13,15-17,20H,4-6,9,11-12,22H2,1-3H3,(H,23,24). The SMILES string of the molecule is COc1ccc(CC(C)NC(=O)C2CC3CCCC(C2)C3N)cc1OC. The predicted octanol–water partition coefficient (Wildman–Crippen LogP) is 2.90. The number of methoxy groups -OCH3 is 2. The number of nitrogens with one attached hydrogen (secondary N) is 1. The number of hydrogen-bond donors (Lipinski definition) is 2. The van der Waals surface area contributed by atoms with Crippen LogP contribution in [0.1, 0.15) is 44.6 Å². The summed E-state index contributed by atoms with van der Waals surface area (Å²) >= 11 is 0. The van der Waals surface area contributed by atoms with Gasteiger partial charge in [0, 0.05) is 18.0 Å². The van der Waals surface area contributed by atoms with Gasteiger partial charge in [-0.1, -0.05) is 12.5 Å². The molecular weight excluding hydrogens is 328 g/mol.